The average molecular weight is 391 g/mol. The van der Waals surface area contributed by atoms with Crippen molar-refractivity contribution in [2.24, 2.45) is 0 Å². The van der Waals surface area contributed by atoms with Gasteiger partial charge in [-0.2, -0.15) is 0 Å². The van der Waals surface area contributed by atoms with Crippen LogP contribution in [-0.2, 0) is 11.3 Å². The summed E-state index contributed by atoms with van der Waals surface area (Å²) in [6, 6.07) is 6.72. The molecule has 0 aliphatic carbocycles. The van der Waals surface area contributed by atoms with Crippen LogP contribution in [0.4, 0.5) is 10.1 Å². The van der Waals surface area contributed by atoms with Gasteiger partial charge in [0.25, 0.3) is 5.56 Å². The molecule has 0 bridgehead atoms. The van der Waals surface area contributed by atoms with Gasteiger partial charge in [0.05, 0.1) is 11.3 Å². The number of benzene rings is 1. The van der Waals surface area contributed by atoms with Gasteiger partial charge in [0.15, 0.2) is 0 Å². The predicted octanol–water partition coefficient (Wildman–Crippen LogP) is 3.45. The van der Waals surface area contributed by atoms with Crippen molar-refractivity contribution >= 4 is 23.2 Å². The molecule has 0 saturated heterocycles. The lowest BCUT2D eigenvalue weighted by atomic mass is 10.2. The summed E-state index contributed by atoms with van der Waals surface area (Å²) in [5.41, 5.74) is 0.0839. The van der Waals surface area contributed by atoms with Gasteiger partial charge in [0.1, 0.15) is 12.4 Å². The second-order valence-corrected chi connectivity index (χ2v) is 6.59. The third-order valence-corrected chi connectivity index (χ3v) is 3.92. The minimum absolute atomic E-state index is 0.0212. The number of nitrogens with zero attached hydrogens (tertiary/aromatic N) is 3. The van der Waals surface area contributed by atoms with E-state index in [4.69, 9.17) is 16.0 Å². The normalized spacial score (nSPS) is 11.0. The van der Waals surface area contributed by atoms with E-state index in [1.807, 2.05) is 13.8 Å². The molecule has 2 heterocycles. The summed E-state index contributed by atoms with van der Waals surface area (Å²) in [4.78, 5) is 24.2. The van der Waals surface area contributed by atoms with Crippen LogP contribution in [0.1, 0.15) is 25.7 Å². The third-order valence-electron chi connectivity index (χ3n) is 3.68. The summed E-state index contributed by atoms with van der Waals surface area (Å²) in [5.74, 6) is -0.444. The zero-order chi connectivity index (χ0) is 19.6. The molecule has 0 saturated carbocycles. The molecule has 0 atom stereocenters. The van der Waals surface area contributed by atoms with Crippen LogP contribution in [-0.4, -0.2) is 20.7 Å². The number of anilines is 1. The van der Waals surface area contributed by atoms with Crippen molar-refractivity contribution in [1.82, 2.24) is 14.8 Å². The molecule has 0 unspecified atom stereocenters. The maximum atomic E-state index is 13.8. The van der Waals surface area contributed by atoms with E-state index in [2.05, 4.69) is 15.5 Å². The summed E-state index contributed by atoms with van der Waals surface area (Å²) >= 11 is 5.68. The molecule has 0 spiro atoms. The SMILES string of the molecule is CC(C)c1nnc(-c2ccc(=O)n(CC(=O)Nc3ccc(Cl)cc3F)c2)o1. The van der Waals surface area contributed by atoms with Gasteiger partial charge in [-0.05, 0) is 24.3 Å². The van der Waals surface area contributed by atoms with Crippen molar-refractivity contribution in [2.45, 2.75) is 26.3 Å². The van der Waals surface area contributed by atoms with Gasteiger partial charge in [-0.1, -0.05) is 25.4 Å². The summed E-state index contributed by atoms with van der Waals surface area (Å²) in [7, 11) is 0. The Morgan fingerprint density at radius 2 is 2.07 bits per heavy atom. The van der Waals surface area contributed by atoms with E-state index in [0.717, 1.165) is 6.07 Å². The van der Waals surface area contributed by atoms with Crippen molar-refractivity contribution in [3.8, 4) is 11.5 Å². The largest absolute Gasteiger partial charge is 0.420 e. The Bertz CT molecular complexity index is 1050. The molecule has 0 fully saturated rings. The second-order valence-electron chi connectivity index (χ2n) is 6.16. The van der Waals surface area contributed by atoms with Crippen LogP contribution in [0.15, 0.2) is 45.7 Å². The molecular weight excluding hydrogens is 375 g/mol. The van der Waals surface area contributed by atoms with E-state index in [-0.39, 0.29) is 29.1 Å². The van der Waals surface area contributed by atoms with Crippen molar-refractivity contribution in [3.05, 3.63) is 63.6 Å². The van der Waals surface area contributed by atoms with E-state index in [9.17, 15) is 14.0 Å². The second kappa shape index (κ2) is 7.71. The Labute approximate surface area is 158 Å². The Kier molecular flexibility index (Phi) is 5.36. The number of carbonyl (C=O) groups excluding carboxylic acids is 1. The van der Waals surface area contributed by atoms with E-state index in [0.29, 0.717) is 11.5 Å². The molecule has 9 heteroatoms. The maximum Gasteiger partial charge on any atom is 0.251 e. The molecule has 3 aromatic rings. The number of carbonyl (C=O) groups is 1. The molecule has 3 rings (SSSR count). The quantitative estimate of drug-likeness (QED) is 0.720. The van der Waals surface area contributed by atoms with Crippen molar-refractivity contribution in [3.63, 3.8) is 0 Å². The zero-order valence-electron chi connectivity index (χ0n) is 14.6. The molecular formula is C18H16ClFN4O3. The van der Waals surface area contributed by atoms with Gasteiger partial charge in [-0.15, -0.1) is 10.2 Å². The lowest BCUT2D eigenvalue weighted by Crippen LogP contribution is -2.27. The molecule has 0 aliphatic rings. The van der Waals surface area contributed by atoms with Crippen LogP contribution in [0, 0.1) is 5.82 Å². The van der Waals surface area contributed by atoms with Gasteiger partial charge in [0.2, 0.25) is 17.7 Å². The highest BCUT2D eigenvalue weighted by Crippen LogP contribution is 2.21. The van der Waals surface area contributed by atoms with Gasteiger partial charge in [-0.3, -0.25) is 9.59 Å². The highest BCUT2D eigenvalue weighted by atomic mass is 35.5. The van der Waals surface area contributed by atoms with Crippen LogP contribution in [0.25, 0.3) is 11.5 Å². The monoisotopic (exact) mass is 390 g/mol. The first-order valence-corrected chi connectivity index (χ1v) is 8.50. The van der Waals surface area contributed by atoms with Gasteiger partial charge < -0.3 is 14.3 Å². The standard InChI is InChI=1S/C18H16ClFN4O3/c1-10(2)17-22-23-18(27-17)11-3-6-16(26)24(8-11)9-15(25)21-14-5-4-12(19)7-13(14)20/h3-8,10H,9H2,1-2H3,(H,21,25). The molecule has 1 N–H and O–H groups in total. The Morgan fingerprint density at radius 3 is 2.74 bits per heavy atom. The number of rotatable bonds is 5. The lowest BCUT2D eigenvalue weighted by molar-refractivity contribution is -0.116. The Morgan fingerprint density at radius 1 is 1.30 bits per heavy atom. The zero-order valence-corrected chi connectivity index (χ0v) is 15.3. The van der Waals surface area contributed by atoms with E-state index in [1.165, 1.54) is 35.0 Å². The summed E-state index contributed by atoms with van der Waals surface area (Å²) in [6.07, 6.45) is 1.44. The van der Waals surface area contributed by atoms with Crippen LogP contribution < -0.4 is 10.9 Å². The number of hydrogen-bond donors (Lipinski definition) is 1. The van der Waals surface area contributed by atoms with Crippen molar-refractivity contribution in [2.75, 3.05) is 5.32 Å². The first-order chi connectivity index (χ1) is 12.8. The van der Waals surface area contributed by atoms with Crippen LogP contribution in [0.3, 0.4) is 0 Å². The fourth-order valence-electron chi connectivity index (χ4n) is 2.30. The lowest BCUT2D eigenvalue weighted by Gasteiger charge is -2.09. The number of halogens is 2. The van der Waals surface area contributed by atoms with Crippen LogP contribution in [0.5, 0.6) is 0 Å². The average Bonchev–Trinajstić information content (AvgIpc) is 3.10. The Balaban J connectivity index is 1.79. The number of pyridine rings is 1. The Hall–Kier alpha value is -3.00. The molecule has 0 aliphatic heterocycles. The van der Waals surface area contributed by atoms with Crippen molar-refractivity contribution in [1.29, 1.82) is 0 Å². The molecule has 7 nitrogen and oxygen atoms in total. The van der Waals surface area contributed by atoms with Crippen LogP contribution >= 0.6 is 11.6 Å². The minimum atomic E-state index is -0.663. The number of nitrogens with one attached hydrogen (secondary N) is 1. The molecule has 1 amide bonds. The van der Waals surface area contributed by atoms with Crippen molar-refractivity contribution < 1.29 is 13.6 Å². The molecule has 1 aromatic carbocycles. The smallest absolute Gasteiger partial charge is 0.251 e. The fraction of sp³-hybridized carbons (Fsp3) is 0.222. The third kappa shape index (κ3) is 4.40. The summed E-state index contributed by atoms with van der Waals surface area (Å²) in [5, 5.41) is 10.5. The summed E-state index contributed by atoms with van der Waals surface area (Å²) in [6.45, 7) is 3.52. The highest BCUT2D eigenvalue weighted by Gasteiger charge is 2.14. The van der Waals surface area contributed by atoms with Gasteiger partial charge in [0, 0.05) is 23.2 Å². The first-order valence-electron chi connectivity index (χ1n) is 8.12. The molecule has 0 radical (unpaired) electrons. The fourth-order valence-corrected chi connectivity index (χ4v) is 2.46. The minimum Gasteiger partial charge on any atom is -0.420 e. The summed E-state index contributed by atoms with van der Waals surface area (Å²) < 4.78 is 20.5. The molecule has 27 heavy (non-hydrogen) atoms. The number of hydrogen-bond acceptors (Lipinski definition) is 5. The molecule has 2 aromatic heterocycles. The van der Waals surface area contributed by atoms with E-state index in [1.54, 1.807) is 0 Å². The number of aromatic nitrogens is 3. The van der Waals surface area contributed by atoms with E-state index >= 15 is 0 Å². The van der Waals surface area contributed by atoms with Gasteiger partial charge >= 0.3 is 0 Å². The molecule has 140 valence electrons. The number of amides is 1. The predicted molar refractivity (Wildman–Crippen MR) is 98.1 cm³/mol. The van der Waals surface area contributed by atoms with Gasteiger partial charge in [-0.25, -0.2) is 4.39 Å². The first kappa shape index (κ1) is 18.8. The topological polar surface area (TPSA) is 90.0 Å². The maximum absolute atomic E-state index is 13.8. The van der Waals surface area contributed by atoms with Crippen LogP contribution in [0.2, 0.25) is 5.02 Å². The highest BCUT2D eigenvalue weighted by molar-refractivity contribution is 6.30. The van der Waals surface area contributed by atoms with E-state index < -0.39 is 17.3 Å².